The van der Waals surface area contributed by atoms with E-state index in [1.165, 1.54) is 43.8 Å². The maximum atomic E-state index is 6.97. The standard InChI is InChI=1S/C71H51N6O.Pt/c1-44-35-46(3)70(47(4)36-44)48-38-49(74-43-73(5)64-29-16-17-30-65(64)74)40-51(39-48)78-50-33-34-57-56-23-10-15-28-63(56)77(68(57)41-50)69-37-45(2)58(42-72-69)71-66(75-59-24-11-6-19-52(59)53-20-7-12-25-60(53)75)31-18-32-67(71)76-61-26-13-8-21-54(61)55-22-9-14-27-62(55)76;/h6-39,42-43H,1-5H3;/q-3;. The van der Waals surface area contributed by atoms with Crippen molar-refractivity contribution in [3.8, 4) is 50.9 Å². The van der Waals surface area contributed by atoms with Gasteiger partial charge in [0.05, 0.1) is 33.4 Å². The van der Waals surface area contributed by atoms with E-state index >= 15 is 0 Å². The van der Waals surface area contributed by atoms with Gasteiger partial charge in [0.2, 0.25) is 0 Å². The summed E-state index contributed by atoms with van der Waals surface area (Å²) in [4.78, 5) is 9.82. The molecule has 0 radical (unpaired) electrons. The fraction of sp³-hybridized carbons (Fsp3) is 0.0704. The second-order valence-corrected chi connectivity index (χ2v) is 20.8. The number of aryl methyl sites for hydroxylation is 4. The Balaban J connectivity index is 0.00000564. The number of pyridine rings is 1. The molecule has 10 aromatic carbocycles. The Hall–Kier alpha value is -9.16. The quantitative estimate of drug-likeness (QED) is 0.142. The van der Waals surface area contributed by atoms with Gasteiger partial charge < -0.3 is 28.2 Å². The number of rotatable bonds is 8. The fourth-order valence-electron chi connectivity index (χ4n) is 12.7. The Morgan fingerprint density at radius 2 is 0.924 bits per heavy atom. The monoisotopic (exact) mass is 1200 g/mol. The summed E-state index contributed by atoms with van der Waals surface area (Å²) in [6.07, 6.45) is 2.08. The van der Waals surface area contributed by atoms with E-state index in [4.69, 9.17) is 9.72 Å². The van der Waals surface area contributed by atoms with Gasteiger partial charge in [-0.1, -0.05) is 132 Å². The number of hydrogen-bond donors (Lipinski definition) is 0. The first-order valence-electron chi connectivity index (χ1n) is 26.6. The minimum atomic E-state index is 0. The maximum Gasteiger partial charge on any atom is 0.135 e. The number of fused-ring (bicyclic) bond motifs is 10. The van der Waals surface area contributed by atoms with Crippen LogP contribution in [0.15, 0.2) is 212 Å². The molecule has 79 heavy (non-hydrogen) atoms. The second-order valence-electron chi connectivity index (χ2n) is 20.8. The fourth-order valence-corrected chi connectivity index (χ4v) is 12.7. The molecule has 7 nitrogen and oxygen atoms in total. The zero-order chi connectivity index (χ0) is 52.3. The van der Waals surface area contributed by atoms with Crippen molar-refractivity contribution in [2.45, 2.75) is 27.7 Å². The first-order valence-corrected chi connectivity index (χ1v) is 26.6. The average molecular weight is 1200 g/mol. The van der Waals surface area contributed by atoms with Crippen LogP contribution < -0.4 is 14.5 Å². The topological polar surface area (TPSA) is 43.4 Å². The molecule has 1 aliphatic heterocycles. The summed E-state index contributed by atoms with van der Waals surface area (Å²) >= 11 is 0. The first-order chi connectivity index (χ1) is 38.3. The largest absolute Gasteiger partial charge is 0.509 e. The Morgan fingerprint density at radius 1 is 0.430 bits per heavy atom. The molecule has 1 aliphatic rings. The summed E-state index contributed by atoms with van der Waals surface area (Å²) in [5, 5.41) is 7.01. The maximum absolute atomic E-state index is 6.97. The summed E-state index contributed by atoms with van der Waals surface area (Å²) < 4.78 is 14.1. The Bertz CT molecular complexity index is 4530. The predicted octanol–water partition coefficient (Wildman–Crippen LogP) is 18.0. The number of benzene rings is 10. The molecule has 5 heterocycles. The van der Waals surface area contributed by atoms with Crippen molar-refractivity contribution in [1.29, 1.82) is 0 Å². The molecule has 0 N–H and O–H groups in total. The van der Waals surface area contributed by atoms with Crippen LogP contribution in [0.25, 0.3) is 105 Å². The van der Waals surface area contributed by atoms with E-state index in [0.29, 0.717) is 11.5 Å². The van der Waals surface area contributed by atoms with Gasteiger partial charge in [-0.15, -0.1) is 47.0 Å². The van der Waals surface area contributed by atoms with Crippen LogP contribution in [0.1, 0.15) is 22.3 Å². The van der Waals surface area contributed by atoms with Crippen LogP contribution in [0, 0.1) is 46.5 Å². The first kappa shape index (κ1) is 48.2. The third-order valence-corrected chi connectivity index (χ3v) is 15.9. The van der Waals surface area contributed by atoms with Crippen LogP contribution in [0.5, 0.6) is 11.5 Å². The number of aromatic nitrogens is 4. The van der Waals surface area contributed by atoms with Gasteiger partial charge in [-0.3, -0.25) is 0 Å². The molecule has 0 saturated heterocycles. The van der Waals surface area contributed by atoms with E-state index < -0.39 is 0 Å². The van der Waals surface area contributed by atoms with E-state index in [0.717, 1.165) is 100 Å². The molecular weight excluding hydrogens is 1150 g/mol. The molecule has 0 amide bonds. The summed E-state index contributed by atoms with van der Waals surface area (Å²) in [5.74, 6) is 1.97. The molecule has 0 unspecified atom stereocenters. The predicted molar refractivity (Wildman–Crippen MR) is 323 cm³/mol. The summed E-state index contributed by atoms with van der Waals surface area (Å²) in [6.45, 7) is 10.9. The molecular formula is C71H51N6OPt-3. The number of ether oxygens (including phenoxy) is 1. The zero-order valence-corrected chi connectivity index (χ0v) is 46.5. The van der Waals surface area contributed by atoms with Crippen LogP contribution in [-0.4, -0.2) is 25.7 Å². The third-order valence-electron chi connectivity index (χ3n) is 15.9. The normalized spacial score (nSPS) is 12.4. The van der Waals surface area contributed by atoms with Gasteiger partial charge in [-0.25, -0.2) is 4.98 Å². The van der Waals surface area contributed by atoms with Crippen molar-refractivity contribution >= 4 is 82.5 Å². The van der Waals surface area contributed by atoms with Gasteiger partial charge in [0.1, 0.15) is 5.82 Å². The summed E-state index contributed by atoms with van der Waals surface area (Å²) in [6, 6.07) is 81.4. The van der Waals surface area contributed by atoms with Crippen molar-refractivity contribution in [2.24, 2.45) is 0 Å². The molecule has 384 valence electrons. The van der Waals surface area contributed by atoms with Crippen molar-refractivity contribution in [1.82, 2.24) is 18.7 Å². The van der Waals surface area contributed by atoms with Crippen LogP contribution in [0.2, 0.25) is 0 Å². The van der Waals surface area contributed by atoms with Crippen molar-refractivity contribution in [3.05, 3.63) is 254 Å². The van der Waals surface area contributed by atoms with Gasteiger partial charge in [0.15, 0.2) is 0 Å². The van der Waals surface area contributed by atoms with Crippen molar-refractivity contribution in [3.63, 3.8) is 0 Å². The molecule has 0 bridgehead atoms. The van der Waals surface area contributed by atoms with E-state index in [1.54, 1.807) is 0 Å². The summed E-state index contributed by atoms with van der Waals surface area (Å²) in [5.41, 5.74) is 20.9. The van der Waals surface area contributed by atoms with Gasteiger partial charge in [0.25, 0.3) is 0 Å². The number of hydrogen-bond acceptors (Lipinski definition) is 4. The van der Waals surface area contributed by atoms with Crippen molar-refractivity contribution in [2.75, 3.05) is 16.8 Å². The van der Waals surface area contributed by atoms with E-state index in [1.807, 2.05) is 6.07 Å². The van der Waals surface area contributed by atoms with Gasteiger partial charge in [-0.05, 0) is 123 Å². The smallest absolute Gasteiger partial charge is 0.135 e. The Morgan fingerprint density at radius 3 is 1.48 bits per heavy atom. The third kappa shape index (κ3) is 7.62. The van der Waals surface area contributed by atoms with Gasteiger partial charge in [-0.2, -0.15) is 12.7 Å². The molecule has 14 aromatic rings. The van der Waals surface area contributed by atoms with Crippen LogP contribution in [0.4, 0.5) is 17.1 Å². The Kier molecular flexibility index (Phi) is 11.5. The molecule has 4 aromatic heterocycles. The van der Waals surface area contributed by atoms with E-state index in [-0.39, 0.29) is 21.1 Å². The average Bonchev–Trinajstić information content (AvgIpc) is 4.11. The molecule has 8 heteroatoms. The van der Waals surface area contributed by atoms with Crippen molar-refractivity contribution < 1.29 is 25.8 Å². The van der Waals surface area contributed by atoms with E-state index in [2.05, 4.69) is 283 Å². The van der Waals surface area contributed by atoms with Crippen LogP contribution in [0.3, 0.4) is 0 Å². The molecule has 0 aliphatic carbocycles. The Labute approximate surface area is 473 Å². The molecule has 15 rings (SSSR count). The molecule has 0 fully saturated rings. The van der Waals surface area contributed by atoms with Crippen LogP contribution >= 0.6 is 0 Å². The van der Waals surface area contributed by atoms with E-state index in [9.17, 15) is 0 Å². The second kappa shape index (κ2) is 18.8. The zero-order valence-electron chi connectivity index (χ0n) is 44.2. The molecule has 0 spiro atoms. The summed E-state index contributed by atoms with van der Waals surface area (Å²) in [7, 11) is 2.08. The molecule has 0 saturated carbocycles. The number of anilines is 3. The van der Waals surface area contributed by atoms with Gasteiger partial charge >= 0.3 is 0 Å². The minimum Gasteiger partial charge on any atom is -0.509 e. The SMILES string of the molecule is Cc1cc(C)c(-c2cc(Oc3[c-]c4c(cc3)c3ccccc3n4-c3cc(C)c(-c4c(-n5c6ccccc6c6ccccc65)cccc4-n4c5ccccc5c5ccccc54)cn3)[c-]c(N3[CH-]N(C)c4ccccc43)c2)c(C)c1.[Pt]. The molecule has 0 atom stereocenters. The number of nitrogens with zero attached hydrogens (tertiary/aromatic N) is 6. The minimum absolute atomic E-state index is 0. The number of para-hydroxylation sites is 7. The van der Waals surface area contributed by atoms with Gasteiger partial charge in [0, 0.05) is 88.3 Å². The van der Waals surface area contributed by atoms with Crippen LogP contribution in [-0.2, 0) is 21.1 Å².